The Morgan fingerprint density at radius 2 is 1.89 bits per heavy atom. The molecule has 0 spiro atoms. The number of aromatic nitrogens is 1. The summed E-state index contributed by atoms with van der Waals surface area (Å²) in [5.74, 6) is 0.211. The minimum atomic E-state index is -0.450. The van der Waals surface area contributed by atoms with Crippen molar-refractivity contribution in [3.8, 4) is 16.9 Å². The summed E-state index contributed by atoms with van der Waals surface area (Å²) in [6.45, 7) is 2.07. The summed E-state index contributed by atoms with van der Waals surface area (Å²) in [4.78, 5) is 17.4. The molecule has 1 heterocycles. The predicted molar refractivity (Wildman–Crippen MR) is 111 cm³/mol. The van der Waals surface area contributed by atoms with Crippen LogP contribution in [0.5, 0.6) is 5.75 Å². The molecule has 144 valence electrons. The topological polar surface area (TPSA) is 48.4 Å². The average Bonchev–Trinajstić information content (AvgIpc) is 3.22. The van der Waals surface area contributed by atoms with E-state index in [4.69, 9.17) is 21.1 Å². The van der Waals surface area contributed by atoms with Crippen LogP contribution in [0.3, 0.4) is 0 Å². The van der Waals surface area contributed by atoms with Gasteiger partial charge in [0.15, 0.2) is 5.69 Å². The van der Waals surface area contributed by atoms with Crippen LogP contribution >= 0.6 is 11.6 Å². The largest absolute Gasteiger partial charge is 0.489 e. The number of nitrogens with zero attached hydrogens (tertiary/aromatic N) is 1. The van der Waals surface area contributed by atoms with E-state index in [0.717, 1.165) is 36.6 Å². The highest BCUT2D eigenvalue weighted by Crippen LogP contribution is 2.41. The highest BCUT2D eigenvalue weighted by atomic mass is 35.5. The van der Waals surface area contributed by atoms with Crippen molar-refractivity contribution in [2.24, 2.45) is 0 Å². The second-order valence-corrected chi connectivity index (χ2v) is 7.37. The second-order valence-electron chi connectivity index (χ2n) is 6.94. The van der Waals surface area contributed by atoms with E-state index in [0.29, 0.717) is 21.9 Å². The van der Waals surface area contributed by atoms with Crippen molar-refractivity contribution in [1.29, 1.82) is 0 Å². The van der Waals surface area contributed by atoms with Gasteiger partial charge in [-0.15, -0.1) is 0 Å². The first-order valence-corrected chi connectivity index (χ1v) is 10.1. The number of benzene rings is 2. The van der Waals surface area contributed by atoms with Gasteiger partial charge in [-0.3, -0.25) is 0 Å². The number of hydrogen-bond donors (Lipinski definition) is 0. The molecule has 0 saturated heterocycles. The fraction of sp³-hybridized carbons (Fsp3) is 0.304. The highest BCUT2D eigenvalue weighted by molar-refractivity contribution is 6.31. The number of carbonyl (C=O) groups excluding carboxylic acids is 1. The van der Waals surface area contributed by atoms with E-state index in [9.17, 15) is 4.79 Å². The van der Waals surface area contributed by atoms with Crippen molar-refractivity contribution in [2.75, 3.05) is 6.61 Å². The monoisotopic (exact) mass is 395 g/mol. The molecular formula is C23H22ClNO3. The SMILES string of the molecule is CCOC(=O)c1nc2ccc(Cl)cc2c(OC2CCCC2)c1-c1ccccc1. The Bertz CT molecular complexity index is 998. The zero-order chi connectivity index (χ0) is 19.5. The Labute approximate surface area is 169 Å². The van der Waals surface area contributed by atoms with Crippen LogP contribution in [0.25, 0.3) is 22.0 Å². The molecule has 0 atom stereocenters. The molecule has 0 aliphatic heterocycles. The minimum Gasteiger partial charge on any atom is -0.489 e. The maximum Gasteiger partial charge on any atom is 0.357 e. The van der Waals surface area contributed by atoms with Gasteiger partial charge >= 0.3 is 5.97 Å². The van der Waals surface area contributed by atoms with Crippen LogP contribution in [0.4, 0.5) is 0 Å². The van der Waals surface area contributed by atoms with Crippen LogP contribution in [0.15, 0.2) is 48.5 Å². The maximum atomic E-state index is 12.8. The summed E-state index contributed by atoms with van der Waals surface area (Å²) in [6.07, 6.45) is 4.45. The van der Waals surface area contributed by atoms with E-state index in [1.54, 1.807) is 13.0 Å². The molecule has 1 aliphatic rings. The molecule has 4 rings (SSSR count). The van der Waals surface area contributed by atoms with Gasteiger partial charge in [0.2, 0.25) is 0 Å². The molecule has 1 aliphatic carbocycles. The maximum absolute atomic E-state index is 12.8. The normalized spacial score (nSPS) is 14.4. The summed E-state index contributed by atoms with van der Waals surface area (Å²) < 4.78 is 11.8. The Balaban J connectivity index is 2.00. The van der Waals surface area contributed by atoms with Crippen LogP contribution in [-0.2, 0) is 4.74 Å². The number of hydrogen-bond acceptors (Lipinski definition) is 4. The van der Waals surface area contributed by atoms with Crippen LogP contribution in [0.1, 0.15) is 43.1 Å². The average molecular weight is 396 g/mol. The van der Waals surface area contributed by atoms with Crippen LogP contribution in [-0.4, -0.2) is 23.7 Å². The number of fused-ring (bicyclic) bond motifs is 1. The summed E-state index contributed by atoms with van der Waals surface area (Å²) in [5, 5.41) is 1.42. The molecule has 2 aromatic carbocycles. The first-order valence-electron chi connectivity index (χ1n) is 9.70. The van der Waals surface area contributed by atoms with E-state index in [2.05, 4.69) is 4.98 Å². The first-order chi connectivity index (χ1) is 13.7. The molecule has 3 aromatic rings. The summed E-state index contributed by atoms with van der Waals surface area (Å²) >= 11 is 6.28. The quantitative estimate of drug-likeness (QED) is 0.493. The Morgan fingerprint density at radius 1 is 1.14 bits per heavy atom. The van der Waals surface area contributed by atoms with Crippen molar-refractivity contribution < 1.29 is 14.3 Å². The Hall–Kier alpha value is -2.59. The third-order valence-corrected chi connectivity index (χ3v) is 5.25. The van der Waals surface area contributed by atoms with E-state index in [1.165, 1.54) is 0 Å². The number of pyridine rings is 1. The van der Waals surface area contributed by atoms with Crippen molar-refractivity contribution in [3.05, 3.63) is 59.2 Å². The first kappa shape index (κ1) is 18.8. The lowest BCUT2D eigenvalue weighted by molar-refractivity contribution is 0.0520. The fourth-order valence-corrected chi connectivity index (χ4v) is 3.89. The zero-order valence-corrected chi connectivity index (χ0v) is 16.5. The standard InChI is InChI=1S/C23H22ClNO3/c1-2-27-23(26)21-20(15-8-4-3-5-9-15)22(28-17-10-6-7-11-17)18-14-16(24)12-13-19(18)25-21/h3-5,8-9,12-14,17H,2,6-7,10-11H2,1H3. The summed E-state index contributed by atoms with van der Waals surface area (Å²) in [7, 11) is 0. The second kappa shape index (κ2) is 8.19. The van der Waals surface area contributed by atoms with Crippen LogP contribution in [0.2, 0.25) is 5.02 Å². The number of esters is 1. The van der Waals surface area contributed by atoms with Gasteiger partial charge < -0.3 is 9.47 Å². The highest BCUT2D eigenvalue weighted by Gasteiger charge is 2.26. The fourth-order valence-electron chi connectivity index (χ4n) is 3.72. The van der Waals surface area contributed by atoms with Gasteiger partial charge in [0.1, 0.15) is 5.75 Å². The molecule has 0 unspecified atom stereocenters. The van der Waals surface area contributed by atoms with Crippen LogP contribution < -0.4 is 4.74 Å². The molecule has 4 nitrogen and oxygen atoms in total. The molecule has 5 heteroatoms. The summed E-state index contributed by atoms with van der Waals surface area (Å²) in [6, 6.07) is 15.2. The minimum absolute atomic E-state index is 0.127. The molecule has 0 amide bonds. The number of halogens is 1. The molecule has 0 N–H and O–H groups in total. The lowest BCUT2D eigenvalue weighted by Gasteiger charge is -2.21. The summed E-state index contributed by atoms with van der Waals surface area (Å²) in [5.41, 5.74) is 2.48. The lowest BCUT2D eigenvalue weighted by Crippen LogP contribution is -2.15. The third kappa shape index (κ3) is 3.69. The van der Waals surface area contributed by atoms with Crippen molar-refractivity contribution in [2.45, 2.75) is 38.7 Å². The number of rotatable bonds is 5. The van der Waals surface area contributed by atoms with Crippen LogP contribution in [0, 0.1) is 0 Å². The van der Waals surface area contributed by atoms with E-state index in [1.807, 2.05) is 42.5 Å². The predicted octanol–water partition coefficient (Wildman–Crippen LogP) is 6.05. The molecular weight excluding hydrogens is 374 g/mol. The molecule has 28 heavy (non-hydrogen) atoms. The Kier molecular flexibility index (Phi) is 5.49. The van der Waals surface area contributed by atoms with Gasteiger partial charge in [-0.2, -0.15) is 0 Å². The molecule has 0 radical (unpaired) electrons. The van der Waals surface area contributed by atoms with Crippen molar-refractivity contribution >= 4 is 28.5 Å². The molecule has 1 aromatic heterocycles. The van der Waals surface area contributed by atoms with Crippen molar-refractivity contribution in [3.63, 3.8) is 0 Å². The van der Waals surface area contributed by atoms with Gasteiger partial charge in [-0.25, -0.2) is 9.78 Å². The molecule has 1 saturated carbocycles. The van der Waals surface area contributed by atoms with E-state index >= 15 is 0 Å². The molecule has 0 bridgehead atoms. The van der Waals surface area contributed by atoms with E-state index < -0.39 is 5.97 Å². The van der Waals surface area contributed by atoms with Gasteiger partial charge in [0.25, 0.3) is 0 Å². The molecule has 1 fully saturated rings. The van der Waals surface area contributed by atoms with Gasteiger partial charge in [-0.05, 0) is 56.4 Å². The number of ether oxygens (including phenoxy) is 2. The third-order valence-electron chi connectivity index (χ3n) is 5.02. The van der Waals surface area contributed by atoms with Gasteiger partial charge in [0, 0.05) is 10.4 Å². The number of carbonyl (C=O) groups is 1. The zero-order valence-electron chi connectivity index (χ0n) is 15.8. The van der Waals surface area contributed by atoms with Crippen molar-refractivity contribution in [1.82, 2.24) is 4.98 Å². The van der Waals surface area contributed by atoms with Gasteiger partial charge in [-0.1, -0.05) is 41.9 Å². The van der Waals surface area contributed by atoms with E-state index in [-0.39, 0.29) is 18.4 Å². The lowest BCUT2D eigenvalue weighted by atomic mass is 9.99. The van der Waals surface area contributed by atoms with Gasteiger partial charge in [0.05, 0.1) is 23.8 Å². The smallest absolute Gasteiger partial charge is 0.357 e. The Morgan fingerprint density at radius 3 is 2.61 bits per heavy atom.